The van der Waals surface area contributed by atoms with Gasteiger partial charge >= 0.3 is 0 Å². The Morgan fingerprint density at radius 1 is 1.42 bits per heavy atom. The molecule has 0 heterocycles. The van der Waals surface area contributed by atoms with Gasteiger partial charge in [0.25, 0.3) is 0 Å². The maximum absolute atomic E-state index is 4.64. The van der Waals surface area contributed by atoms with Crippen molar-refractivity contribution >= 4 is 17.7 Å². The van der Waals surface area contributed by atoms with Crippen molar-refractivity contribution < 1.29 is 0 Å². The third kappa shape index (κ3) is 3.59. The molecule has 0 amide bonds. The zero-order chi connectivity index (χ0) is 9.40. The number of benzene rings is 1. The second-order valence-corrected chi connectivity index (χ2v) is 2.30. The van der Waals surface area contributed by atoms with Gasteiger partial charge in [-0.2, -0.15) is 0 Å². The van der Waals surface area contributed by atoms with Crippen LogP contribution in [0.4, 0.5) is 0 Å². The lowest BCUT2D eigenvalue weighted by Crippen LogP contribution is -1.79. The summed E-state index contributed by atoms with van der Waals surface area (Å²) in [4.78, 5) is 0. The molecule has 0 bridgehead atoms. The molecule has 0 unspecified atom stereocenters. The number of alkyl halides is 1. The Labute approximate surface area is 79.9 Å². The van der Waals surface area contributed by atoms with Gasteiger partial charge in [0.1, 0.15) is 0 Å². The lowest BCUT2D eigenvalue weighted by Gasteiger charge is -1.96. The first-order chi connectivity index (χ1) is 5.86. The largest absolute Gasteiger partial charge is 0.130 e. The summed E-state index contributed by atoms with van der Waals surface area (Å²) in [6.07, 6.45) is 4.45. The van der Waals surface area contributed by atoms with E-state index in [1.807, 2.05) is 6.08 Å². The van der Waals surface area contributed by atoms with E-state index in [0.29, 0.717) is 0 Å². The summed E-state index contributed by atoms with van der Waals surface area (Å²) in [6.45, 7) is 5.86. The van der Waals surface area contributed by atoms with Gasteiger partial charge in [-0.25, -0.2) is 0 Å². The molecule has 1 rings (SSSR count). The van der Waals surface area contributed by atoms with Crippen LogP contribution in [0.2, 0.25) is 0 Å². The molecule has 0 nitrogen and oxygen atoms in total. The quantitative estimate of drug-likeness (QED) is 0.612. The van der Waals surface area contributed by atoms with Gasteiger partial charge in [-0.05, 0) is 17.5 Å². The van der Waals surface area contributed by atoms with Crippen LogP contribution in [0.15, 0.2) is 30.8 Å². The Kier molecular flexibility index (Phi) is 6.50. The van der Waals surface area contributed by atoms with Gasteiger partial charge in [-0.1, -0.05) is 43.8 Å². The second kappa shape index (κ2) is 6.93. The Morgan fingerprint density at radius 2 is 2.08 bits per heavy atom. The van der Waals surface area contributed by atoms with E-state index in [1.54, 1.807) is 0 Å². The maximum atomic E-state index is 4.64. The predicted molar refractivity (Wildman–Crippen MR) is 57.7 cm³/mol. The fraction of sp³-hybridized carbons (Fsp3) is 0.273. The van der Waals surface area contributed by atoms with Gasteiger partial charge in [0.15, 0.2) is 0 Å². The molecule has 0 aliphatic rings. The second-order valence-electron chi connectivity index (χ2n) is 2.30. The number of hydrogen-bond donors (Lipinski definition) is 0. The number of aryl methyl sites for hydroxylation is 1. The number of halogens is 1. The van der Waals surface area contributed by atoms with Gasteiger partial charge in [-0.3, -0.25) is 0 Å². The molecule has 1 aromatic carbocycles. The van der Waals surface area contributed by atoms with Crippen LogP contribution >= 0.6 is 11.6 Å². The lowest BCUT2D eigenvalue weighted by atomic mass is 10.1. The van der Waals surface area contributed by atoms with Crippen LogP contribution in [0.5, 0.6) is 0 Å². The fourth-order valence-corrected chi connectivity index (χ4v) is 0.940. The summed E-state index contributed by atoms with van der Waals surface area (Å²) in [6, 6.07) is 8.42. The van der Waals surface area contributed by atoms with E-state index in [4.69, 9.17) is 0 Å². The highest BCUT2D eigenvalue weighted by molar-refractivity contribution is 6.15. The Hall–Kier alpha value is -0.750. The van der Waals surface area contributed by atoms with E-state index in [1.165, 1.54) is 17.5 Å². The predicted octanol–water partition coefficient (Wildman–Crippen LogP) is 3.75. The Balaban J connectivity index is 0.000000561. The monoisotopic (exact) mass is 182 g/mol. The van der Waals surface area contributed by atoms with Crippen LogP contribution in [-0.2, 0) is 6.42 Å². The first kappa shape index (κ1) is 11.2. The normalized spacial score (nSPS) is 8.25. The van der Waals surface area contributed by atoms with Gasteiger partial charge in [0.2, 0.25) is 0 Å². The average molecular weight is 183 g/mol. The zero-order valence-electron chi connectivity index (χ0n) is 7.68. The van der Waals surface area contributed by atoms with Crippen LogP contribution in [0.1, 0.15) is 18.1 Å². The van der Waals surface area contributed by atoms with E-state index in [-0.39, 0.29) is 0 Å². The third-order valence-corrected chi connectivity index (χ3v) is 1.59. The van der Waals surface area contributed by atoms with Crippen molar-refractivity contribution in [2.24, 2.45) is 0 Å². The van der Waals surface area contributed by atoms with Crippen molar-refractivity contribution in [1.29, 1.82) is 0 Å². The molecule has 0 fully saturated rings. The van der Waals surface area contributed by atoms with Crippen LogP contribution in [0.3, 0.4) is 0 Å². The number of rotatable bonds is 2. The summed E-state index contributed by atoms with van der Waals surface area (Å²) < 4.78 is 0. The topological polar surface area (TPSA) is 0 Å². The SMILES string of the molecule is C=Cc1cccc(CC)c1.CCl. The molecule has 0 aromatic heterocycles. The van der Waals surface area contributed by atoms with Crippen LogP contribution in [-0.4, -0.2) is 6.38 Å². The summed E-state index contributed by atoms with van der Waals surface area (Å²) >= 11 is 4.64. The third-order valence-electron chi connectivity index (χ3n) is 1.59. The maximum Gasteiger partial charge on any atom is 0.0108 e. The van der Waals surface area contributed by atoms with Crippen molar-refractivity contribution in [3.05, 3.63) is 42.0 Å². The molecule has 0 saturated heterocycles. The van der Waals surface area contributed by atoms with Gasteiger partial charge < -0.3 is 0 Å². The zero-order valence-corrected chi connectivity index (χ0v) is 8.43. The molecule has 0 spiro atoms. The van der Waals surface area contributed by atoms with Gasteiger partial charge in [0, 0.05) is 6.38 Å². The molecule has 0 atom stereocenters. The van der Waals surface area contributed by atoms with Crippen molar-refractivity contribution in [2.45, 2.75) is 13.3 Å². The van der Waals surface area contributed by atoms with Crippen LogP contribution in [0.25, 0.3) is 6.08 Å². The molecule has 1 aromatic rings. The van der Waals surface area contributed by atoms with Crippen LogP contribution in [0, 0.1) is 0 Å². The fourth-order valence-electron chi connectivity index (χ4n) is 0.940. The average Bonchev–Trinajstić information content (AvgIpc) is 2.21. The first-order valence-electron chi connectivity index (χ1n) is 3.96. The van der Waals surface area contributed by atoms with Crippen molar-refractivity contribution in [1.82, 2.24) is 0 Å². The van der Waals surface area contributed by atoms with Gasteiger partial charge in [0.05, 0.1) is 0 Å². The van der Waals surface area contributed by atoms with Crippen molar-refractivity contribution in [2.75, 3.05) is 6.38 Å². The summed E-state index contributed by atoms with van der Waals surface area (Å²) in [7, 11) is 0. The molecular weight excluding hydrogens is 168 g/mol. The van der Waals surface area contributed by atoms with E-state index in [2.05, 4.69) is 49.4 Å². The smallest absolute Gasteiger partial charge is 0.0108 e. The summed E-state index contributed by atoms with van der Waals surface area (Å²) in [5.74, 6) is 0. The molecule has 66 valence electrons. The molecule has 1 heteroatoms. The molecule has 0 aliphatic heterocycles. The molecule has 0 saturated carbocycles. The molecular formula is C11H15Cl. The van der Waals surface area contributed by atoms with Gasteiger partial charge in [-0.15, -0.1) is 11.6 Å². The van der Waals surface area contributed by atoms with Crippen molar-refractivity contribution in [3.8, 4) is 0 Å². The minimum Gasteiger partial charge on any atom is -0.130 e. The Bertz CT molecular complexity index is 228. The lowest BCUT2D eigenvalue weighted by molar-refractivity contribution is 1.14. The first-order valence-corrected chi connectivity index (χ1v) is 4.71. The minimum absolute atomic E-state index is 1.10. The number of hydrogen-bond acceptors (Lipinski definition) is 0. The molecule has 0 N–H and O–H groups in total. The van der Waals surface area contributed by atoms with Crippen molar-refractivity contribution in [3.63, 3.8) is 0 Å². The molecule has 0 radical (unpaired) electrons. The standard InChI is InChI=1S/C10H12.CH3Cl/c1-3-9-6-5-7-10(4-2)8-9;1-2/h3,5-8H,1,4H2,2H3;1H3. The summed E-state index contributed by atoms with van der Waals surface area (Å²) in [5.41, 5.74) is 2.58. The highest BCUT2D eigenvalue weighted by Gasteiger charge is 1.87. The highest BCUT2D eigenvalue weighted by atomic mass is 35.5. The molecule has 0 aliphatic carbocycles. The van der Waals surface area contributed by atoms with E-state index in [9.17, 15) is 0 Å². The minimum atomic E-state index is 1.10. The van der Waals surface area contributed by atoms with E-state index < -0.39 is 0 Å². The molecule has 12 heavy (non-hydrogen) atoms. The Morgan fingerprint density at radius 3 is 2.58 bits per heavy atom. The summed E-state index contributed by atoms with van der Waals surface area (Å²) in [5, 5.41) is 0. The highest BCUT2D eigenvalue weighted by Crippen LogP contribution is 2.05. The van der Waals surface area contributed by atoms with E-state index >= 15 is 0 Å². The van der Waals surface area contributed by atoms with Crippen LogP contribution < -0.4 is 0 Å². The van der Waals surface area contributed by atoms with E-state index in [0.717, 1.165) is 6.42 Å².